The molecule has 0 amide bonds. The predicted octanol–water partition coefficient (Wildman–Crippen LogP) is 2.04. The first-order chi connectivity index (χ1) is 9.07. The van der Waals surface area contributed by atoms with Gasteiger partial charge in [0, 0.05) is 0 Å². The SMILES string of the molecule is CSC(=Nc1ccc(S(=O)(=O)C2CC2)cc1)NC#N. The number of benzene rings is 1. The third-order valence-corrected chi connectivity index (χ3v) is 5.57. The van der Waals surface area contributed by atoms with Crippen LogP contribution in [0.15, 0.2) is 34.2 Å². The van der Waals surface area contributed by atoms with Gasteiger partial charge >= 0.3 is 0 Å². The van der Waals surface area contributed by atoms with Crippen LogP contribution < -0.4 is 5.32 Å². The zero-order chi connectivity index (χ0) is 13.9. The quantitative estimate of drug-likeness (QED) is 0.399. The van der Waals surface area contributed by atoms with E-state index in [2.05, 4.69) is 10.3 Å². The largest absolute Gasteiger partial charge is 0.271 e. The molecule has 1 aromatic rings. The molecule has 0 aliphatic heterocycles. The highest BCUT2D eigenvalue weighted by atomic mass is 32.2. The lowest BCUT2D eigenvalue weighted by Crippen LogP contribution is -2.12. The first-order valence-electron chi connectivity index (χ1n) is 5.69. The van der Waals surface area contributed by atoms with Gasteiger partial charge in [0.25, 0.3) is 0 Å². The van der Waals surface area contributed by atoms with Crippen molar-refractivity contribution < 1.29 is 8.42 Å². The molecule has 0 radical (unpaired) electrons. The number of aliphatic imine (C=N–C) groups is 1. The number of nitrogens with one attached hydrogen (secondary N) is 1. The number of nitriles is 1. The third-order valence-electron chi connectivity index (χ3n) is 2.72. The maximum atomic E-state index is 12.0. The Morgan fingerprint density at radius 2 is 2.05 bits per heavy atom. The molecule has 0 spiro atoms. The maximum absolute atomic E-state index is 12.0. The summed E-state index contributed by atoms with van der Waals surface area (Å²) in [4.78, 5) is 4.54. The minimum absolute atomic E-state index is 0.205. The minimum Gasteiger partial charge on any atom is -0.271 e. The van der Waals surface area contributed by atoms with E-state index >= 15 is 0 Å². The Hall–Kier alpha value is -1.52. The molecule has 0 atom stereocenters. The standard InChI is InChI=1S/C12H13N3O2S2/c1-18-12(14-8-13)15-9-2-4-10(5-3-9)19(16,17)11-6-7-11/h2-5,11H,6-7H2,1H3,(H,14,15). The number of thioether (sulfide) groups is 1. The van der Waals surface area contributed by atoms with Crippen LogP contribution in [0.4, 0.5) is 5.69 Å². The molecule has 5 nitrogen and oxygen atoms in total. The van der Waals surface area contributed by atoms with Crippen molar-refractivity contribution in [1.82, 2.24) is 5.32 Å². The molecule has 0 unspecified atom stereocenters. The van der Waals surface area contributed by atoms with E-state index in [1.165, 1.54) is 11.8 Å². The second-order valence-corrected chi connectivity index (χ2v) is 7.12. The molecule has 0 heterocycles. The smallest absolute Gasteiger partial charge is 0.183 e. The first kappa shape index (κ1) is 13.9. The van der Waals surface area contributed by atoms with Crippen molar-refractivity contribution in [2.45, 2.75) is 23.0 Å². The second kappa shape index (κ2) is 5.63. The molecule has 0 bridgehead atoms. The molecular formula is C12H13N3O2S2. The summed E-state index contributed by atoms with van der Waals surface area (Å²) in [7, 11) is -3.15. The summed E-state index contributed by atoms with van der Waals surface area (Å²) in [6.07, 6.45) is 5.11. The van der Waals surface area contributed by atoms with Gasteiger partial charge in [-0.25, -0.2) is 13.4 Å². The van der Waals surface area contributed by atoms with E-state index in [4.69, 9.17) is 5.26 Å². The van der Waals surface area contributed by atoms with Crippen LogP contribution in [0.25, 0.3) is 0 Å². The zero-order valence-corrected chi connectivity index (χ0v) is 12.0. The van der Waals surface area contributed by atoms with Crippen LogP contribution in [0.5, 0.6) is 0 Å². The summed E-state index contributed by atoms with van der Waals surface area (Å²) in [6, 6.07) is 6.42. The molecule has 7 heteroatoms. The molecule has 100 valence electrons. The van der Waals surface area contributed by atoms with E-state index in [1.54, 1.807) is 36.7 Å². The Labute approximate surface area is 116 Å². The van der Waals surface area contributed by atoms with Crippen molar-refractivity contribution in [3.8, 4) is 6.19 Å². The van der Waals surface area contributed by atoms with Gasteiger partial charge in [0.15, 0.2) is 21.2 Å². The molecular weight excluding hydrogens is 282 g/mol. The summed E-state index contributed by atoms with van der Waals surface area (Å²) in [5.74, 6) is 0. The lowest BCUT2D eigenvalue weighted by molar-refractivity contribution is 0.595. The topological polar surface area (TPSA) is 82.3 Å². The Balaban J connectivity index is 2.21. The predicted molar refractivity (Wildman–Crippen MR) is 76.0 cm³/mol. The average Bonchev–Trinajstić information content (AvgIpc) is 3.23. The van der Waals surface area contributed by atoms with Gasteiger partial charge in [-0.2, -0.15) is 5.26 Å². The number of amidine groups is 1. The van der Waals surface area contributed by atoms with Crippen molar-refractivity contribution in [2.75, 3.05) is 6.26 Å². The van der Waals surface area contributed by atoms with E-state index in [0.29, 0.717) is 15.8 Å². The summed E-state index contributed by atoms with van der Waals surface area (Å²) < 4.78 is 24.0. The number of sulfone groups is 1. The van der Waals surface area contributed by atoms with Gasteiger partial charge in [-0.15, -0.1) is 0 Å². The summed E-state index contributed by atoms with van der Waals surface area (Å²) in [6.45, 7) is 0. The zero-order valence-electron chi connectivity index (χ0n) is 10.3. The van der Waals surface area contributed by atoms with Crippen LogP contribution in [-0.4, -0.2) is 25.1 Å². The average molecular weight is 295 g/mol. The van der Waals surface area contributed by atoms with E-state index in [1.807, 2.05) is 0 Å². The van der Waals surface area contributed by atoms with E-state index in [9.17, 15) is 8.42 Å². The van der Waals surface area contributed by atoms with Gasteiger partial charge in [0.2, 0.25) is 0 Å². The Morgan fingerprint density at radius 3 is 2.53 bits per heavy atom. The van der Waals surface area contributed by atoms with Crippen LogP contribution >= 0.6 is 11.8 Å². The van der Waals surface area contributed by atoms with E-state index in [0.717, 1.165) is 12.8 Å². The number of nitrogens with zero attached hydrogens (tertiary/aromatic N) is 2. The number of rotatable bonds is 3. The molecule has 1 aliphatic carbocycles. The Morgan fingerprint density at radius 1 is 1.42 bits per heavy atom. The maximum Gasteiger partial charge on any atom is 0.183 e. The lowest BCUT2D eigenvalue weighted by atomic mass is 10.3. The minimum atomic E-state index is -3.15. The fourth-order valence-electron chi connectivity index (χ4n) is 1.57. The van der Waals surface area contributed by atoms with Crippen molar-refractivity contribution >= 4 is 32.5 Å². The van der Waals surface area contributed by atoms with Crippen molar-refractivity contribution in [2.24, 2.45) is 4.99 Å². The molecule has 1 aromatic carbocycles. The van der Waals surface area contributed by atoms with E-state index < -0.39 is 9.84 Å². The van der Waals surface area contributed by atoms with Crippen molar-refractivity contribution in [3.63, 3.8) is 0 Å². The Kier molecular flexibility index (Phi) is 4.12. The monoisotopic (exact) mass is 295 g/mol. The van der Waals surface area contributed by atoms with Gasteiger partial charge in [0.1, 0.15) is 0 Å². The van der Waals surface area contributed by atoms with Crippen LogP contribution in [0, 0.1) is 11.5 Å². The van der Waals surface area contributed by atoms with Crippen molar-refractivity contribution in [1.29, 1.82) is 5.26 Å². The van der Waals surface area contributed by atoms with Gasteiger partial charge in [-0.3, -0.25) is 5.32 Å². The van der Waals surface area contributed by atoms with Crippen LogP contribution in [0.3, 0.4) is 0 Å². The number of hydrogen-bond donors (Lipinski definition) is 1. The van der Waals surface area contributed by atoms with Gasteiger partial charge < -0.3 is 0 Å². The summed E-state index contributed by atoms with van der Waals surface area (Å²) in [5, 5.41) is 11.3. The highest BCUT2D eigenvalue weighted by Crippen LogP contribution is 2.33. The molecule has 1 aliphatic rings. The van der Waals surface area contributed by atoms with Crippen LogP contribution in [0.2, 0.25) is 0 Å². The van der Waals surface area contributed by atoms with Gasteiger partial charge in [0.05, 0.1) is 15.8 Å². The van der Waals surface area contributed by atoms with Gasteiger partial charge in [-0.05, 0) is 43.4 Å². The molecule has 19 heavy (non-hydrogen) atoms. The first-order valence-corrected chi connectivity index (χ1v) is 8.47. The molecule has 0 aromatic heterocycles. The molecule has 1 saturated carbocycles. The summed E-state index contributed by atoms with van der Waals surface area (Å²) >= 11 is 1.31. The highest BCUT2D eigenvalue weighted by molar-refractivity contribution is 8.13. The molecule has 2 rings (SSSR count). The fourth-order valence-corrected chi connectivity index (χ4v) is 3.57. The van der Waals surface area contributed by atoms with Crippen molar-refractivity contribution in [3.05, 3.63) is 24.3 Å². The molecule has 1 N–H and O–H groups in total. The highest BCUT2D eigenvalue weighted by Gasteiger charge is 2.36. The Bertz CT molecular complexity index is 626. The van der Waals surface area contributed by atoms with Crippen LogP contribution in [0.1, 0.15) is 12.8 Å². The van der Waals surface area contributed by atoms with E-state index in [-0.39, 0.29) is 5.25 Å². The van der Waals surface area contributed by atoms with Crippen LogP contribution in [-0.2, 0) is 9.84 Å². The summed E-state index contributed by atoms with van der Waals surface area (Å²) in [5.41, 5.74) is 0.613. The van der Waals surface area contributed by atoms with Gasteiger partial charge in [-0.1, -0.05) is 11.8 Å². The third kappa shape index (κ3) is 3.28. The normalized spacial score (nSPS) is 15.9. The fraction of sp³-hybridized carbons (Fsp3) is 0.333. The number of hydrogen-bond acceptors (Lipinski definition) is 5. The molecule has 0 saturated heterocycles. The molecule has 1 fully saturated rings. The lowest BCUT2D eigenvalue weighted by Gasteiger charge is -2.03. The second-order valence-electron chi connectivity index (χ2n) is 4.10.